The molecule has 0 fully saturated rings. The summed E-state index contributed by atoms with van der Waals surface area (Å²) in [5, 5.41) is 9.48. The van der Waals surface area contributed by atoms with Gasteiger partial charge in [-0.15, -0.1) is 0 Å². The molecule has 2 amide bonds. The van der Waals surface area contributed by atoms with Crippen LogP contribution < -0.4 is 16.0 Å². The van der Waals surface area contributed by atoms with Crippen molar-refractivity contribution in [2.75, 3.05) is 22.5 Å². The van der Waals surface area contributed by atoms with Crippen LogP contribution in [0.2, 0.25) is 0 Å². The highest BCUT2D eigenvalue weighted by molar-refractivity contribution is 6.16. The number of H-pyrrole nitrogens is 1. The molecule has 0 saturated carbocycles. The number of nitrogens with two attached hydrogens (primary N) is 1. The molecule has 0 saturated heterocycles. The van der Waals surface area contributed by atoms with E-state index >= 15 is 0 Å². The van der Waals surface area contributed by atoms with Crippen LogP contribution in [0.1, 0.15) is 23.1 Å². The minimum absolute atomic E-state index is 0.0520. The molecule has 21 heavy (non-hydrogen) atoms. The van der Waals surface area contributed by atoms with Gasteiger partial charge >= 0.3 is 0 Å². The van der Waals surface area contributed by atoms with Crippen LogP contribution in [0.5, 0.6) is 0 Å². The van der Waals surface area contributed by atoms with Gasteiger partial charge in [-0.2, -0.15) is 5.10 Å². The molecule has 1 aliphatic rings. The summed E-state index contributed by atoms with van der Waals surface area (Å²) >= 11 is 0. The summed E-state index contributed by atoms with van der Waals surface area (Å²) in [6.45, 7) is 1.87. The van der Waals surface area contributed by atoms with E-state index < -0.39 is 0 Å². The molecule has 0 bridgehead atoms. The summed E-state index contributed by atoms with van der Waals surface area (Å²) in [5.41, 5.74) is 8.38. The van der Waals surface area contributed by atoms with Gasteiger partial charge in [-0.3, -0.25) is 19.6 Å². The van der Waals surface area contributed by atoms with E-state index in [1.54, 1.807) is 18.2 Å². The Morgan fingerprint density at radius 2 is 2.19 bits per heavy atom. The van der Waals surface area contributed by atoms with E-state index in [9.17, 15) is 9.59 Å². The maximum absolute atomic E-state index is 12.6. The van der Waals surface area contributed by atoms with Crippen molar-refractivity contribution in [3.63, 3.8) is 0 Å². The van der Waals surface area contributed by atoms with E-state index in [0.717, 1.165) is 0 Å². The van der Waals surface area contributed by atoms with Gasteiger partial charge < -0.3 is 11.1 Å². The second-order valence-electron chi connectivity index (χ2n) is 4.77. The molecule has 108 valence electrons. The summed E-state index contributed by atoms with van der Waals surface area (Å²) in [4.78, 5) is 25.8. The lowest BCUT2D eigenvalue weighted by Gasteiger charge is -2.28. The van der Waals surface area contributed by atoms with Crippen molar-refractivity contribution >= 4 is 28.9 Å². The molecule has 3 rings (SSSR count). The Labute approximate surface area is 121 Å². The predicted octanol–water partition coefficient (Wildman–Crippen LogP) is 1.15. The van der Waals surface area contributed by atoms with Crippen LogP contribution >= 0.6 is 0 Å². The first kappa shape index (κ1) is 13.2. The average Bonchev–Trinajstić information content (AvgIpc) is 2.86. The zero-order valence-corrected chi connectivity index (χ0v) is 11.5. The molecule has 0 aliphatic carbocycles. The number of aromatic amines is 1. The van der Waals surface area contributed by atoms with Crippen molar-refractivity contribution < 1.29 is 9.59 Å². The monoisotopic (exact) mass is 285 g/mol. The summed E-state index contributed by atoms with van der Waals surface area (Å²) in [5.74, 6) is -0.627. The first-order valence-corrected chi connectivity index (χ1v) is 6.65. The number of nitrogen functional groups attached to an aromatic ring is 1. The molecule has 0 unspecified atom stereocenters. The van der Waals surface area contributed by atoms with Crippen molar-refractivity contribution in [1.29, 1.82) is 0 Å². The van der Waals surface area contributed by atoms with Gasteiger partial charge in [-0.05, 0) is 18.6 Å². The second kappa shape index (κ2) is 4.93. The van der Waals surface area contributed by atoms with Gasteiger partial charge in [0.15, 0.2) is 5.69 Å². The quantitative estimate of drug-likeness (QED) is 0.770. The molecule has 0 atom stereocenters. The third kappa shape index (κ3) is 2.12. The highest BCUT2D eigenvalue weighted by Gasteiger charge is 2.30. The number of para-hydroxylation sites is 2. The molecule has 0 spiro atoms. The first-order chi connectivity index (χ1) is 10.1. The Bertz CT molecular complexity index is 722. The van der Waals surface area contributed by atoms with E-state index in [0.29, 0.717) is 29.2 Å². The summed E-state index contributed by atoms with van der Waals surface area (Å²) in [6, 6.07) is 7.13. The van der Waals surface area contributed by atoms with Crippen LogP contribution in [0.15, 0.2) is 24.3 Å². The van der Waals surface area contributed by atoms with Crippen LogP contribution in [0.3, 0.4) is 0 Å². The van der Waals surface area contributed by atoms with E-state index in [1.807, 2.05) is 13.0 Å². The van der Waals surface area contributed by atoms with Gasteiger partial charge in [0, 0.05) is 0 Å². The van der Waals surface area contributed by atoms with Gasteiger partial charge in [0.1, 0.15) is 6.54 Å². The number of rotatable bonds is 2. The lowest BCUT2D eigenvalue weighted by Crippen LogP contribution is -2.42. The molecule has 2 heterocycles. The Morgan fingerprint density at radius 3 is 2.90 bits per heavy atom. The molecule has 7 heteroatoms. The number of amides is 2. The van der Waals surface area contributed by atoms with Gasteiger partial charge in [-0.1, -0.05) is 19.1 Å². The number of nitrogens with one attached hydrogen (secondary N) is 2. The number of carbonyl (C=O) groups is 2. The lowest BCUT2D eigenvalue weighted by atomic mass is 10.1. The fourth-order valence-corrected chi connectivity index (χ4v) is 2.36. The number of fused-ring (bicyclic) bond motifs is 1. The molecule has 1 aromatic carbocycles. The Hall–Kier alpha value is -2.83. The Morgan fingerprint density at radius 1 is 1.43 bits per heavy atom. The van der Waals surface area contributed by atoms with Gasteiger partial charge in [0.05, 0.1) is 22.8 Å². The molecular formula is C14H15N5O2. The Kier molecular flexibility index (Phi) is 3.09. The summed E-state index contributed by atoms with van der Waals surface area (Å²) < 4.78 is 0. The summed E-state index contributed by atoms with van der Waals surface area (Å²) in [6.07, 6.45) is 0.656. The number of anilines is 3. The third-order valence-corrected chi connectivity index (χ3v) is 3.45. The van der Waals surface area contributed by atoms with Crippen LogP contribution in [-0.4, -0.2) is 28.6 Å². The molecule has 7 nitrogen and oxygen atoms in total. The lowest BCUT2D eigenvalue weighted by molar-refractivity contribution is -0.115. The molecular weight excluding hydrogens is 270 g/mol. The molecule has 0 radical (unpaired) electrons. The van der Waals surface area contributed by atoms with Crippen LogP contribution in [0.25, 0.3) is 0 Å². The number of benzene rings is 1. The maximum Gasteiger partial charge on any atom is 0.281 e. The fraction of sp³-hybridized carbons (Fsp3) is 0.214. The zero-order valence-electron chi connectivity index (χ0n) is 11.5. The van der Waals surface area contributed by atoms with Crippen LogP contribution in [0, 0.1) is 0 Å². The van der Waals surface area contributed by atoms with E-state index in [4.69, 9.17) is 5.73 Å². The van der Waals surface area contributed by atoms with Crippen molar-refractivity contribution in [2.24, 2.45) is 0 Å². The smallest absolute Gasteiger partial charge is 0.281 e. The average molecular weight is 285 g/mol. The highest BCUT2D eigenvalue weighted by atomic mass is 16.2. The van der Waals surface area contributed by atoms with Gasteiger partial charge in [0.2, 0.25) is 5.91 Å². The topological polar surface area (TPSA) is 104 Å². The molecule has 1 aromatic heterocycles. The maximum atomic E-state index is 12.6. The zero-order chi connectivity index (χ0) is 15.0. The number of aromatic nitrogens is 2. The number of nitrogens with zero attached hydrogens (tertiary/aromatic N) is 2. The number of aryl methyl sites for hydroxylation is 1. The van der Waals surface area contributed by atoms with E-state index in [2.05, 4.69) is 15.5 Å². The van der Waals surface area contributed by atoms with E-state index in [-0.39, 0.29) is 24.1 Å². The number of carbonyl (C=O) groups excluding carboxylic acids is 2. The van der Waals surface area contributed by atoms with Gasteiger partial charge in [0.25, 0.3) is 5.91 Å². The minimum atomic E-state index is -0.384. The standard InChI is InChI=1S/C14H15N5O2/c1-2-8-12(15)13(18-17-8)14(21)19-7-11(20)16-9-5-3-4-6-10(9)19/h3-6H,2,7,15H2,1H3,(H,16,20)(H,17,18). The highest BCUT2D eigenvalue weighted by Crippen LogP contribution is 2.30. The normalized spacial score (nSPS) is 13.8. The number of hydrogen-bond acceptors (Lipinski definition) is 4. The SMILES string of the molecule is CCc1[nH]nc(C(=O)N2CC(=O)Nc3ccccc32)c1N. The summed E-state index contributed by atoms with van der Waals surface area (Å²) in [7, 11) is 0. The fourth-order valence-electron chi connectivity index (χ4n) is 2.36. The Balaban J connectivity index is 2.02. The molecule has 1 aliphatic heterocycles. The van der Waals surface area contributed by atoms with Crippen molar-refractivity contribution in [3.05, 3.63) is 35.7 Å². The minimum Gasteiger partial charge on any atom is -0.395 e. The van der Waals surface area contributed by atoms with Crippen LogP contribution in [0.4, 0.5) is 17.1 Å². The van der Waals surface area contributed by atoms with Crippen molar-refractivity contribution in [1.82, 2.24) is 10.2 Å². The van der Waals surface area contributed by atoms with Crippen LogP contribution in [-0.2, 0) is 11.2 Å². The first-order valence-electron chi connectivity index (χ1n) is 6.65. The van der Waals surface area contributed by atoms with Crippen molar-refractivity contribution in [2.45, 2.75) is 13.3 Å². The number of hydrogen-bond donors (Lipinski definition) is 3. The van der Waals surface area contributed by atoms with E-state index in [1.165, 1.54) is 4.90 Å². The molecule has 4 N–H and O–H groups in total. The molecule has 2 aromatic rings. The largest absolute Gasteiger partial charge is 0.395 e. The third-order valence-electron chi connectivity index (χ3n) is 3.45. The van der Waals surface area contributed by atoms with Crippen molar-refractivity contribution in [3.8, 4) is 0 Å². The second-order valence-corrected chi connectivity index (χ2v) is 4.77. The van der Waals surface area contributed by atoms with Gasteiger partial charge in [-0.25, -0.2) is 0 Å². The predicted molar refractivity (Wildman–Crippen MR) is 79.1 cm³/mol.